The average Bonchev–Trinajstić information content (AvgIpc) is 2.85. The summed E-state index contributed by atoms with van der Waals surface area (Å²) in [5.41, 5.74) is 0.336. The van der Waals surface area contributed by atoms with Crippen LogP contribution in [0.3, 0.4) is 0 Å². The molecule has 1 N–H and O–H groups in total. The summed E-state index contributed by atoms with van der Waals surface area (Å²) in [6.07, 6.45) is 1.92. The lowest BCUT2D eigenvalue weighted by molar-refractivity contribution is 0.169. The van der Waals surface area contributed by atoms with Crippen LogP contribution in [0, 0.1) is 11.7 Å². The first-order valence-electron chi connectivity index (χ1n) is 9.80. The Morgan fingerprint density at radius 1 is 1.41 bits per heavy atom. The van der Waals surface area contributed by atoms with E-state index in [1.807, 2.05) is 6.92 Å². The molecule has 1 aliphatic heterocycles. The second kappa shape index (κ2) is 8.80. The number of halogens is 2. The molecule has 5 nitrogen and oxygen atoms in total. The van der Waals surface area contributed by atoms with Gasteiger partial charge in [-0.05, 0) is 47.8 Å². The number of aromatic nitrogens is 2. The Morgan fingerprint density at radius 3 is 2.89 bits per heavy atom. The van der Waals surface area contributed by atoms with E-state index in [-0.39, 0.29) is 11.6 Å². The third-order valence-electron chi connectivity index (χ3n) is 5.26. The highest BCUT2D eigenvalue weighted by Crippen LogP contribution is 2.28. The molecule has 0 spiro atoms. The number of rotatable bonds is 5. The maximum Gasteiger partial charge on any atom is 0.261 e. The molecule has 1 aromatic heterocycles. The van der Waals surface area contributed by atoms with Gasteiger partial charge >= 0.3 is 0 Å². The van der Waals surface area contributed by atoms with Crippen molar-refractivity contribution in [1.29, 1.82) is 0 Å². The van der Waals surface area contributed by atoms with E-state index >= 15 is 0 Å². The molecule has 148 valence electrons. The van der Waals surface area contributed by atoms with E-state index in [0.29, 0.717) is 27.8 Å². The second-order valence-electron chi connectivity index (χ2n) is 7.41. The molecule has 2 heterocycles. The molecule has 1 unspecified atom stereocenters. The van der Waals surface area contributed by atoms with Gasteiger partial charge in [-0.15, -0.1) is 0 Å². The number of nitrogens with one attached hydrogen (secondary N) is 1. The van der Waals surface area contributed by atoms with Gasteiger partial charge in [0.05, 0.1) is 21.4 Å². The largest absolute Gasteiger partial charge is 0.315 e. The van der Waals surface area contributed by atoms with Gasteiger partial charge < -0.3 is 5.32 Å². The maximum atomic E-state index is 14.1. The lowest BCUT2D eigenvalue weighted by Gasteiger charge is -2.32. The second-order valence-corrected chi connectivity index (χ2v) is 8.27. The predicted octanol–water partition coefficient (Wildman–Crippen LogP) is 3.70. The minimum atomic E-state index is -0.394. The van der Waals surface area contributed by atoms with Gasteiger partial charge in [-0.3, -0.25) is 14.3 Å². The van der Waals surface area contributed by atoms with E-state index in [1.54, 1.807) is 10.6 Å². The summed E-state index contributed by atoms with van der Waals surface area (Å²) in [4.78, 5) is 20.3. The van der Waals surface area contributed by atoms with Gasteiger partial charge in [0.15, 0.2) is 0 Å². The molecule has 0 aliphatic carbocycles. The zero-order valence-corrected chi connectivity index (χ0v) is 17.9. The van der Waals surface area contributed by atoms with Crippen molar-refractivity contribution in [1.82, 2.24) is 19.8 Å². The van der Waals surface area contributed by atoms with Crippen LogP contribution in [0.5, 0.6) is 0 Å². The number of fused-ring (bicyclic) bond motifs is 1. The van der Waals surface area contributed by atoms with Crippen LogP contribution in [-0.4, -0.2) is 40.6 Å². The first-order valence-corrected chi connectivity index (χ1v) is 10.6. The Balaban J connectivity index is 2.16. The van der Waals surface area contributed by atoms with Crippen molar-refractivity contribution < 1.29 is 4.39 Å². The molecule has 0 amide bonds. The Bertz CT molecular complexity index is 869. The Hall–Kier alpha value is -1.31. The van der Waals surface area contributed by atoms with Crippen LogP contribution in [0.4, 0.5) is 4.39 Å². The lowest BCUT2D eigenvalue weighted by atomic mass is 10.1. The highest BCUT2D eigenvalue weighted by atomic mass is 79.9. The van der Waals surface area contributed by atoms with Crippen LogP contribution in [-0.2, 0) is 6.54 Å². The van der Waals surface area contributed by atoms with Crippen molar-refractivity contribution in [2.24, 2.45) is 5.92 Å². The van der Waals surface area contributed by atoms with Crippen LogP contribution in [0.15, 0.2) is 21.4 Å². The molecule has 1 aromatic carbocycles. The Kier molecular flexibility index (Phi) is 6.65. The fraction of sp³-hybridized carbons (Fsp3) is 0.600. The van der Waals surface area contributed by atoms with E-state index in [1.165, 1.54) is 6.07 Å². The summed E-state index contributed by atoms with van der Waals surface area (Å²) < 4.78 is 16.1. The normalized spacial score (nSPS) is 20.0. The van der Waals surface area contributed by atoms with Gasteiger partial charge in [0.25, 0.3) is 5.56 Å². The standard InChI is InChI=1S/C20H28BrFN4O/c1-4-6-18(25-8-7-23-11-13(3)12-25)19-24-17-10-16(22)15(21)9-14(17)20(27)26(19)5-2/h9-10,13,18,23H,4-8,11-12H2,1-3H3/t13?,18-/m0/s1. The highest BCUT2D eigenvalue weighted by molar-refractivity contribution is 9.10. The molecule has 2 atom stereocenters. The topological polar surface area (TPSA) is 50.2 Å². The predicted molar refractivity (Wildman–Crippen MR) is 111 cm³/mol. The van der Waals surface area contributed by atoms with Crippen LogP contribution >= 0.6 is 15.9 Å². The molecule has 0 radical (unpaired) electrons. The molecule has 7 heteroatoms. The molecular weight excluding hydrogens is 411 g/mol. The third-order valence-corrected chi connectivity index (χ3v) is 5.87. The number of hydrogen-bond donors (Lipinski definition) is 1. The lowest BCUT2D eigenvalue weighted by Crippen LogP contribution is -2.38. The van der Waals surface area contributed by atoms with E-state index < -0.39 is 5.82 Å². The first kappa shape index (κ1) is 20.4. The molecule has 1 fully saturated rings. The summed E-state index contributed by atoms with van der Waals surface area (Å²) in [6.45, 7) is 10.7. The monoisotopic (exact) mass is 438 g/mol. The first-order chi connectivity index (χ1) is 13.0. The number of benzene rings is 1. The summed E-state index contributed by atoms with van der Waals surface area (Å²) in [7, 11) is 0. The van der Waals surface area contributed by atoms with Crippen molar-refractivity contribution in [3.05, 3.63) is 38.6 Å². The highest BCUT2D eigenvalue weighted by Gasteiger charge is 2.27. The maximum absolute atomic E-state index is 14.1. The van der Waals surface area contributed by atoms with Gasteiger partial charge in [0.1, 0.15) is 11.6 Å². The van der Waals surface area contributed by atoms with Crippen LogP contribution < -0.4 is 10.9 Å². The van der Waals surface area contributed by atoms with E-state index in [0.717, 1.165) is 44.8 Å². The number of nitrogens with zero attached hydrogens (tertiary/aromatic N) is 3. The molecule has 0 bridgehead atoms. The summed E-state index contributed by atoms with van der Waals surface area (Å²) >= 11 is 3.18. The molecular formula is C20H28BrFN4O. The molecule has 3 rings (SSSR count). The third kappa shape index (κ3) is 4.25. The quantitative estimate of drug-likeness (QED) is 0.772. The summed E-state index contributed by atoms with van der Waals surface area (Å²) in [6, 6.07) is 2.96. The summed E-state index contributed by atoms with van der Waals surface area (Å²) in [5, 5.41) is 3.93. The van der Waals surface area contributed by atoms with E-state index in [4.69, 9.17) is 4.98 Å². The van der Waals surface area contributed by atoms with Gasteiger partial charge in [0.2, 0.25) is 0 Å². The molecule has 27 heavy (non-hydrogen) atoms. The SMILES string of the molecule is CCC[C@@H](c1nc2cc(F)c(Br)cc2c(=O)n1CC)N1CCNCC(C)C1. The van der Waals surface area contributed by atoms with Crippen molar-refractivity contribution in [3.63, 3.8) is 0 Å². The van der Waals surface area contributed by atoms with Gasteiger partial charge in [-0.1, -0.05) is 20.3 Å². The molecule has 1 aliphatic rings. The van der Waals surface area contributed by atoms with Crippen molar-refractivity contribution in [2.75, 3.05) is 26.2 Å². The fourth-order valence-corrected chi connectivity index (χ4v) is 4.30. The molecule has 2 aromatic rings. The molecule has 0 saturated carbocycles. The van der Waals surface area contributed by atoms with E-state index in [2.05, 4.69) is 40.0 Å². The van der Waals surface area contributed by atoms with Crippen LogP contribution in [0.25, 0.3) is 10.9 Å². The van der Waals surface area contributed by atoms with Crippen LogP contribution in [0.2, 0.25) is 0 Å². The van der Waals surface area contributed by atoms with Gasteiger partial charge in [-0.25, -0.2) is 9.37 Å². The zero-order chi connectivity index (χ0) is 19.6. The van der Waals surface area contributed by atoms with Gasteiger partial charge in [-0.2, -0.15) is 0 Å². The molecule has 1 saturated heterocycles. The number of hydrogen-bond acceptors (Lipinski definition) is 4. The zero-order valence-electron chi connectivity index (χ0n) is 16.3. The summed E-state index contributed by atoms with van der Waals surface area (Å²) in [5.74, 6) is 0.893. The van der Waals surface area contributed by atoms with Crippen molar-refractivity contribution >= 4 is 26.8 Å². The Labute approximate surface area is 168 Å². The van der Waals surface area contributed by atoms with Crippen molar-refractivity contribution in [2.45, 2.75) is 46.2 Å². The Morgan fingerprint density at radius 2 is 2.19 bits per heavy atom. The fourth-order valence-electron chi connectivity index (χ4n) is 3.95. The smallest absolute Gasteiger partial charge is 0.261 e. The van der Waals surface area contributed by atoms with Crippen LogP contribution in [0.1, 0.15) is 45.5 Å². The van der Waals surface area contributed by atoms with Crippen molar-refractivity contribution in [3.8, 4) is 0 Å². The van der Waals surface area contributed by atoms with Gasteiger partial charge in [0, 0.05) is 32.2 Å². The average molecular weight is 439 g/mol. The minimum Gasteiger partial charge on any atom is -0.315 e. The van der Waals surface area contributed by atoms with E-state index in [9.17, 15) is 9.18 Å². The minimum absolute atomic E-state index is 0.0566.